The molecule has 0 spiro atoms. The summed E-state index contributed by atoms with van der Waals surface area (Å²) in [6.45, 7) is 7.01. The molecule has 0 unspecified atom stereocenters. The Morgan fingerprint density at radius 1 is 1.41 bits per heavy atom. The zero-order valence-corrected chi connectivity index (χ0v) is 13.6. The lowest BCUT2D eigenvalue weighted by molar-refractivity contribution is -0.160. The first kappa shape index (κ1) is 17.0. The fourth-order valence-electron chi connectivity index (χ4n) is 3.67. The van der Waals surface area contributed by atoms with Gasteiger partial charge in [0.05, 0.1) is 19.1 Å². The Morgan fingerprint density at radius 3 is 3.00 bits per heavy atom. The molecule has 3 atom stereocenters. The van der Waals surface area contributed by atoms with Crippen LogP contribution in [0, 0.1) is 17.8 Å². The monoisotopic (exact) mass is 304 g/mol. The molecule has 2 rings (SSSR count). The van der Waals surface area contributed by atoms with Crippen LogP contribution in [0.5, 0.6) is 0 Å². The number of allylic oxidation sites excluding steroid dienone is 3. The molecule has 1 fully saturated rings. The third-order valence-electron chi connectivity index (χ3n) is 5.01. The molecule has 1 aliphatic carbocycles. The van der Waals surface area contributed by atoms with Gasteiger partial charge in [0, 0.05) is 5.92 Å². The average molecular weight is 304 g/mol. The lowest BCUT2D eigenvalue weighted by Crippen LogP contribution is -2.40. The molecule has 0 amide bonds. The Labute approximate surface area is 133 Å². The Bertz CT molecular complexity index is 461. The van der Waals surface area contributed by atoms with Crippen LogP contribution >= 0.6 is 0 Å². The van der Waals surface area contributed by atoms with Gasteiger partial charge in [-0.25, -0.2) is 0 Å². The number of rotatable bonds is 4. The van der Waals surface area contributed by atoms with Gasteiger partial charge in [0.1, 0.15) is 0 Å². The maximum atomic E-state index is 12.2. The largest absolute Gasteiger partial charge is 0.465 e. The number of hydrogen-bond acceptors (Lipinski definition) is 3. The van der Waals surface area contributed by atoms with E-state index in [9.17, 15) is 4.79 Å². The minimum atomic E-state index is -0.0488. The molecule has 2 aliphatic rings. The SMILES string of the molecule is C=C1CC/C=C(\C)CC[C@@H]2[C@H](CC/C=C\CO)C(=O)OC[C@@H]12. The second-order valence-corrected chi connectivity index (χ2v) is 6.52. The van der Waals surface area contributed by atoms with Gasteiger partial charge < -0.3 is 9.84 Å². The Balaban J connectivity index is 2.12. The smallest absolute Gasteiger partial charge is 0.309 e. The molecule has 0 radical (unpaired) electrons. The van der Waals surface area contributed by atoms with Gasteiger partial charge >= 0.3 is 5.97 Å². The second-order valence-electron chi connectivity index (χ2n) is 6.52. The van der Waals surface area contributed by atoms with E-state index in [1.807, 2.05) is 6.08 Å². The number of carbonyl (C=O) groups is 1. The van der Waals surface area contributed by atoms with Gasteiger partial charge in [-0.15, -0.1) is 0 Å². The van der Waals surface area contributed by atoms with Crippen molar-refractivity contribution in [2.45, 2.75) is 45.4 Å². The van der Waals surface area contributed by atoms with Gasteiger partial charge in [0.2, 0.25) is 0 Å². The van der Waals surface area contributed by atoms with Crippen molar-refractivity contribution in [1.29, 1.82) is 0 Å². The third kappa shape index (κ3) is 4.33. The summed E-state index contributed by atoms with van der Waals surface area (Å²) in [5, 5.41) is 8.81. The lowest BCUT2D eigenvalue weighted by Gasteiger charge is -2.38. The van der Waals surface area contributed by atoms with Crippen LogP contribution in [0.1, 0.15) is 45.4 Å². The number of carbonyl (C=O) groups excluding carboxylic acids is 1. The topological polar surface area (TPSA) is 46.5 Å². The fourth-order valence-corrected chi connectivity index (χ4v) is 3.67. The Hall–Kier alpha value is -1.35. The molecular weight excluding hydrogens is 276 g/mol. The molecule has 1 aliphatic heterocycles. The number of aliphatic hydroxyl groups is 1. The van der Waals surface area contributed by atoms with Crippen molar-refractivity contribution in [3.8, 4) is 0 Å². The van der Waals surface area contributed by atoms with Gasteiger partial charge in [-0.3, -0.25) is 4.79 Å². The van der Waals surface area contributed by atoms with Gasteiger partial charge in [-0.2, -0.15) is 0 Å². The maximum absolute atomic E-state index is 12.2. The van der Waals surface area contributed by atoms with E-state index in [1.54, 1.807) is 6.08 Å². The highest BCUT2D eigenvalue weighted by Gasteiger charge is 2.40. The molecule has 0 aromatic heterocycles. The Kier molecular flexibility index (Phi) is 6.44. The number of fused-ring (bicyclic) bond motifs is 1. The molecule has 3 nitrogen and oxygen atoms in total. The van der Waals surface area contributed by atoms with E-state index in [0.717, 1.165) is 38.5 Å². The van der Waals surface area contributed by atoms with Crippen molar-refractivity contribution in [2.24, 2.45) is 17.8 Å². The molecule has 0 saturated carbocycles. The predicted octanol–water partition coefficient (Wildman–Crippen LogP) is 3.80. The molecule has 1 heterocycles. The summed E-state index contributed by atoms with van der Waals surface area (Å²) >= 11 is 0. The molecule has 22 heavy (non-hydrogen) atoms. The van der Waals surface area contributed by atoms with E-state index in [4.69, 9.17) is 9.84 Å². The molecular formula is C19H28O3. The lowest BCUT2D eigenvalue weighted by atomic mass is 9.72. The minimum absolute atomic E-state index is 0.0373. The van der Waals surface area contributed by atoms with E-state index in [2.05, 4.69) is 19.6 Å². The van der Waals surface area contributed by atoms with Crippen molar-refractivity contribution in [3.63, 3.8) is 0 Å². The van der Waals surface area contributed by atoms with Crippen molar-refractivity contribution in [3.05, 3.63) is 36.0 Å². The molecule has 122 valence electrons. The van der Waals surface area contributed by atoms with Gasteiger partial charge in [-0.05, 0) is 51.4 Å². The van der Waals surface area contributed by atoms with Crippen LogP contribution < -0.4 is 0 Å². The van der Waals surface area contributed by atoms with E-state index < -0.39 is 0 Å². The van der Waals surface area contributed by atoms with Crippen LogP contribution in [-0.4, -0.2) is 24.3 Å². The average Bonchev–Trinajstić information content (AvgIpc) is 2.56. The minimum Gasteiger partial charge on any atom is -0.465 e. The Morgan fingerprint density at radius 2 is 2.23 bits per heavy atom. The summed E-state index contributed by atoms with van der Waals surface area (Å²) in [4.78, 5) is 12.2. The summed E-state index contributed by atoms with van der Waals surface area (Å²) in [5.41, 5.74) is 2.66. The highest BCUT2D eigenvalue weighted by Crippen LogP contribution is 2.40. The number of hydrogen-bond donors (Lipinski definition) is 1. The number of cyclic esters (lactones) is 1. The first-order valence-electron chi connectivity index (χ1n) is 8.39. The highest BCUT2D eigenvalue weighted by atomic mass is 16.5. The quantitative estimate of drug-likeness (QED) is 0.635. The molecule has 1 N–H and O–H groups in total. The van der Waals surface area contributed by atoms with Crippen LogP contribution in [0.25, 0.3) is 0 Å². The summed E-state index contributed by atoms with van der Waals surface area (Å²) in [5.74, 6) is 0.568. The van der Waals surface area contributed by atoms with Crippen molar-refractivity contribution < 1.29 is 14.6 Å². The maximum Gasteiger partial charge on any atom is 0.309 e. The van der Waals surface area contributed by atoms with Crippen LogP contribution in [0.4, 0.5) is 0 Å². The number of aliphatic hydroxyl groups excluding tert-OH is 1. The summed E-state index contributed by atoms with van der Waals surface area (Å²) in [6.07, 6.45) is 11.7. The second kappa shape index (κ2) is 8.33. The van der Waals surface area contributed by atoms with Gasteiger partial charge in [0.25, 0.3) is 0 Å². The van der Waals surface area contributed by atoms with Crippen LogP contribution in [-0.2, 0) is 9.53 Å². The van der Waals surface area contributed by atoms with E-state index >= 15 is 0 Å². The van der Waals surface area contributed by atoms with Crippen molar-refractivity contribution in [2.75, 3.05) is 13.2 Å². The number of esters is 1. The summed E-state index contributed by atoms with van der Waals surface area (Å²) < 4.78 is 5.46. The molecule has 0 aromatic rings. The normalized spacial score (nSPS) is 32.5. The fraction of sp³-hybridized carbons (Fsp3) is 0.632. The van der Waals surface area contributed by atoms with Gasteiger partial charge in [0.15, 0.2) is 0 Å². The first-order valence-corrected chi connectivity index (χ1v) is 8.39. The molecule has 1 saturated heterocycles. The van der Waals surface area contributed by atoms with Crippen LogP contribution in [0.3, 0.4) is 0 Å². The van der Waals surface area contributed by atoms with Crippen molar-refractivity contribution >= 4 is 5.97 Å². The van der Waals surface area contributed by atoms with Crippen molar-refractivity contribution in [1.82, 2.24) is 0 Å². The summed E-state index contributed by atoms with van der Waals surface area (Å²) in [6, 6.07) is 0. The number of ether oxygens (including phenoxy) is 1. The van der Waals surface area contributed by atoms with E-state index in [-0.39, 0.29) is 18.5 Å². The third-order valence-corrected chi connectivity index (χ3v) is 5.01. The zero-order valence-electron chi connectivity index (χ0n) is 13.6. The predicted molar refractivity (Wildman–Crippen MR) is 88.3 cm³/mol. The molecule has 0 aromatic carbocycles. The highest BCUT2D eigenvalue weighted by molar-refractivity contribution is 5.73. The zero-order chi connectivity index (χ0) is 15.9. The van der Waals surface area contributed by atoms with Gasteiger partial charge in [-0.1, -0.05) is 36.0 Å². The van der Waals surface area contributed by atoms with Crippen LogP contribution in [0.15, 0.2) is 36.0 Å². The van der Waals surface area contributed by atoms with Crippen LogP contribution in [0.2, 0.25) is 0 Å². The molecule has 3 heteroatoms. The standard InChI is InChI=1S/C19H28O3/c1-14-7-6-8-15(2)18-13-22-19(21)17(16(18)11-10-14)9-4-3-5-12-20/h3,5,7,16-18,20H,2,4,6,8-13H2,1H3/b5-3-,14-7+/t16-,17+,18+/m1/s1. The first-order chi connectivity index (χ1) is 10.6. The summed E-state index contributed by atoms with van der Waals surface area (Å²) in [7, 11) is 0. The van der Waals surface area contributed by atoms with E-state index in [0.29, 0.717) is 18.4 Å². The molecule has 0 bridgehead atoms. The van der Waals surface area contributed by atoms with E-state index in [1.165, 1.54) is 11.1 Å².